The van der Waals surface area contributed by atoms with E-state index in [0.717, 1.165) is 11.6 Å². The fraction of sp³-hybridized carbons (Fsp3) is 0.130. The van der Waals surface area contributed by atoms with E-state index in [4.69, 9.17) is 4.74 Å². The number of hydrogen-bond acceptors (Lipinski definition) is 5. The minimum absolute atomic E-state index is 0.118. The molecule has 4 rings (SSSR count). The first-order valence-corrected chi connectivity index (χ1v) is 11.0. The fourth-order valence-electron chi connectivity index (χ4n) is 3.50. The first-order valence-electron chi connectivity index (χ1n) is 9.62. The molecule has 0 saturated carbocycles. The molecule has 4 aromatic rings. The number of pyridine rings is 1. The van der Waals surface area contributed by atoms with E-state index in [1.165, 1.54) is 12.1 Å². The Morgan fingerprint density at radius 2 is 1.55 bits per heavy atom. The number of alkyl halides is 3. The molecule has 0 aliphatic rings. The average molecular weight is 476 g/mol. The van der Waals surface area contributed by atoms with E-state index >= 15 is 0 Å². The zero-order chi connectivity index (χ0) is 24.0. The number of para-hydroxylation sites is 1. The van der Waals surface area contributed by atoms with E-state index in [1.54, 1.807) is 60.1 Å². The summed E-state index contributed by atoms with van der Waals surface area (Å²) in [4.78, 5) is 13.3. The van der Waals surface area contributed by atoms with E-state index in [9.17, 15) is 26.4 Å². The molecule has 33 heavy (non-hydrogen) atoms. The van der Waals surface area contributed by atoms with Crippen molar-refractivity contribution in [3.63, 3.8) is 0 Å². The number of fused-ring (bicyclic) bond motifs is 2. The van der Waals surface area contributed by atoms with Gasteiger partial charge in [-0.1, -0.05) is 35.9 Å². The lowest BCUT2D eigenvalue weighted by molar-refractivity contribution is -0.617. The predicted octanol–water partition coefficient (Wildman–Crippen LogP) is 4.57. The summed E-state index contributed by atoms with van der Waals surface area (Å²) in [7, 11) is -4.34. The second-order valence-corrected chi connectivity index (χ2v) is 8.83. The SMILES string of the molecule is Cc1ccc(OC(=O)c2c3ccccc3[n+](C)c3cccc(OS(=O)(=O)C(F)(F)F)c23)cc1. The zero-order valence-electron chi connectivity index (χ0n) is 17.4. The van der Waals surface area contributed by atoms with Gasteiger partial charge in [-0.05, 0) is 31.2 Å². The number of aryl methyl sites for hydroxylation is 2. The number of halogens is 3. The maximum Gasteiger partial charge on any atom is 0.534 e. The van der Waals surface area contributed by atoms with Gasteiger partial charge in [0, 0.05) is 12.1 Å². The number of carbonyl (C=O) groups excluding carboxylic acids is 1. The number of ether oxygens (including phenoxy) is 1. The van der Waals surface area contributed by atoms with Crippen LogP contribution < -0.4 is 13.5 Å². The summed E-state index contributed by atoms with van der Waals surface area (Å²) in [6.07, 6.45) is 0. The average Bonchev–Trinajstić information content (AvgIpc) is 2.75. The second kappa shape index (κ2) is 8.04. The van der Waals surface area contributed by atoms with Crippen LogP contribution in [-0.2, 0) is 17.2 Å². The molecule has 0 amide bonds. The summed E-state index contributed by atoms with van der Waals surface area (Å²) in [6.45, 7) is 1.86. The molecule has 1 aromatic heterocycles. The minimum atomic E-state index is -5.98. The molecule has 0 bridgehead atoms. The first kappa shape index (κ1) is 22.5. The molecule has 0 spiro atoms. The van der Waals surface area contributed by atoms with Crippen LogP contribution in [0.1, 0.15) is 15.9 Å². The molecular weight excluding hydrogens is 459 g/mol. The lowest BCUT2D eigenvalue weighted by Gasteiger charge is -2.14. The Morgan fingerprint density at radius 3 is 2.21 bits per heavy atom. The lowest BCUT2D eigenvalue weighted by atomic mass is 10.0. The monoisotopic (exact) mass is 476 g/mol. The number of hydrogen-bond donors (Lipinski definition) is 0. The molecule has 0 aliphatic carbocycles. The van der Waals surface area contributed by atoms with Gasteiger partial charge in [0.2, 0.25) is 11.0 Å². The molecule has 170 valence electrons. The van der Waals surface area contributed by atoms with Crippen molar-refractivity contribution in [3.8, 4) is 11.5 Å². The van der Waals surface area contributed by atoms with Crippen LogP contribution in [0.25, 0.3) is 21.8 Å². The van der Waals surface area contributed by atoms with Crippen molar-refractivity contribution in [3.05, 3.63) is 77.9 Å². The Balaban J connectivity index is 2.00. The van der Waals surface area contributed by atoms with Crippen LogP contribution in [0, 0.1) is 6.92 Å². The Morgan fingerprint density at radius 1 is 0.909 bits per heavy atom. The van der Waals surface area contributed by atoms with Crippen LogP contribution in [0.4, 0.5) is 13.2 Å². The van der Waals surface area contributed by atoms with E-state index in [0.29, 0.717) is 10.9 Å². The second-order valence-electron chi connectivity index (χ2n) is 7.29. The highest BCUT2D eigenvalue weighted by Gasteiger charge is 2.49. The van der Waals surface area contributed by atoms with Crippen LogP contribution >= 0.6 is 0 Å². The Bertz CT molecular complexity index is 1500. The summed E-state index contributed by atoms with van der Waals surface area (Å²) in [6, 6.07) is 17.2. The lowest BCUT2D eigenvalue weighted by Crippen LogP contribution is -2.32. The number of aromatic nitrogens is 1. The van der Waals surface area contributed by atoms with Gasteiger partial charge in [-0.3, -0.25) is 0 Å². The number of benzene rings is 3. The van der Waals surface area contributed by atoms with Crippen molar-refractivity contribution in [2.45, 2.75) is 12.4 Å². The van der Waals surface area contributed by atoms with Crippen molar-refractivity contribution in [1.29, 1.82) is 0 Å². The molecule has 0 aliphatic heterocycles. The number of esters is 1. The van der Waals surface area contributed by atoms with Crippen molar-refractivity contribution in [2.24, 2.45) is 7.05 Å². The summed E-state index contributed by atoms with van der Waals surface area (Å²) in [5.74, 6) is -1.29. The maximum absolute atomic E-state index is 13.3. The zero-order valence-corrected chi connectivity index (χ0v) is 18.2. The maximum atomic E-state index is 13.3. The number of rotatable bonds is 4. The topological polar surface area (TPSA) is 73.5 Å². The van der Waals surface area contributed by atoms with Crippen molar-refractivity contribution in [1.82, 2.24) is 0 Å². The molecular formula is C23H17F3NO5S+. The molecule has 0 unspecified atom stereocenters. The molecule has 1 heterocycles. The van der Waals surface area contributed by atoms with Crippen molar-refractivity contribution < 1.29 is 39.9 Å². The van der Waals surface area contributed by atoms with Gasteiger partial charge in [-0.2, -0.15) is 26.2 Å². The summed E-state index contributed by atoms with van der Waals surface area (Å²) in [5.41, 5.74) is -3.97. The van der Waals surface area contributed by atoms with Gasteiger partial charge in [0.1, 0.15) is 18.2 Å². The molecule has 0 saturated heterocycles. The Hall–Kier alpha value is -3.66. The molecule has 0 fully saturated rings. The van der Waals surface area contributed by atoms with Crippen LogP contribution in [0.3, 0.4) is 0 Å². The minimum Gasteiger partial charge on any atom is -0.423 e. The molecule has 10 heteroatoms. The predicted molar refractivity (Wildman–Crippen MR) is 114 cm³/mol. The van der Waals surface area contributed by atoms with Gasteiger partial charge in [0.05, 0.1) is 10.9 Å². The number of carbonyl (C=O) groups is 1. The quantitative estimate of drug-likeness (QED) is 0.108. The number of nitrogens with zero attached hydrogens (tertiary/aromatic N) is 1. The summed E-state index contributed by atoms with van der Waals surface area (Å²) < 4.78 is 74.1. The van der Waals surface area contributed by atoms with Gasteiger partial charge >= 0.3 is 21.6 Å². The molecule has 6 nitrogen and oxygen atoms in total. The van der Waals surface area contributed by atoms with Crippen LogP contribution in [0.2, 0.25) is 0 Å². The van der Waals surface area contributed by atoms with Gasteiger partial charge < -0.3 is 8.92 Å². The van der Waals surface area contributed by atoms with Gasteiger partial charge in [-0.25, -0.2) is 4.79 Å². The van der Waals surface area contributed by atoms with E-state index in [1.807, 2.05) is 6.92 Å². The Labute approximate surface area is 186 Å². The standard InChI is InChI=1S/C23H17F3NO5S/c1-14-10-12-15(13-11-14)31-22(28)20-16-6-3-4-7-17(16)27(2)18-8-5-9-19(21(18)20)32-33(29,30)23(24,25)26/h3-13H,1-2H3/q+1. The third kappa shape index (κ3) is 4.09. The third-order valence-corrected chi connectivity index (χ3v) is 6.03. The van der Waals surface area contributed by atoms with Crippen LogP contribution in [0.15, 0.2) is 66.7 Å². The van der Waals surface area contributed by atoms with E-state index in [2.05, 4.69) is 4.18 Å². The highest BCUT2D eigenvalue weighted by molar-refractivity contribution is 7.88. The molecule has 0 radical (unpaired) electrons. The van der Waals surface area contributed by atoms with E-state index < -0.39 is 27.3 Å². The van der Waals surface area contributed by atoms with Gasteiger partial charge in [-0.15, -0.1) is 0 Å². The normalized spacial score (nSPS) is 12.2. The van der Waals surface area contributed by atoms with Gasteiger partial charge in [0.25, 0.3) is 0 Å². The smallest absolute Gasteiger partial charge is 0.423 e. The highest BCUT2D eigenvalue weighted by Crippen LogP contribution is 2.36. The Kier molecular flexibility index (Phi) is 5.49. The third-order valence-electron chi connectivity index (χ3n) is 5.07. The molecule has 0 atom stereocenters. The molecule has 3 aromatic carbocycles. The van der Waals surface area contributed by atoms with Crippen molar-refractivity contribution in [2.75, 3.05) is 0 Å². The van der Waals surface area contributed by atoms with Crippen LogP contribution in [-0.4, -0.2) is 19.9 Å². The van der Waals surface area contributed by atoms with Crippen molar-refractivity contribution >= 4 is 37.9 Å². The largest absolute Gasteiger partial charge is 0.534 e. The van der Waals surface area contributed by atoms with E-state index in [-0.39, 0.29) is 22.2 Å². The van der Waals surface area contributed by atoms with Gasteiger partial charge in [0.15, 0.2) is 5.75 Å². The first-order chi connectivity index (χ1) is 15.5. The fourth-order valence-corrected chi connectivity index (χ4v) is 3.97. The van der Waals surface area contributed by atoms with Crippen LogP contribution in [0.5, 0.6) is 11.5 Å². The summed E-state index contributed by atoms with van der Waals surface area (Å²) >= 11 is 0. The highest BCUT2D eigenvalue weighted by atomic mass is 32.2. The summed E-state index contributed by atoms with van der Waals surface area (Å²) in [5, 5.41) is 0.230. The molecule has 0 N–H and O–H groups in total.